The van der Waals surface area contributed by atoms with Gasteiger partial charge in [-0.1, -0.05) is 70.6 Å². The maximum absolute atomic E-state index is 11.7. The quantitative estimate of drug-likeness (QED) is 0.0125. The lowest BCUT2D eigenvalue weighted by atomic mass is 10.1. The smallest absolute Gasteiger partial charge is 0.328 e. The minimum atomic E-state index is -2.42. The molecule has 590 valence electrons. The van der Waals surface area contributed by atoms with Gasteiger partial charge >= 0.3 is 11.9 Å². The maximum Gasteiger partial charge on any atom is 0.328 e. The number of aromatic nitrogens is 16. The summed E-state index contributed by atoms with van der Waals surface area (Å²) >= 11 is -7.12. The van der Waals surface area contributed by atoms with Gasteiger partial charge in [-0.3, -0.25) is 51.2 Å². The topological polar surface area (TPSA) is 530 Å². The normalized spacial score (nSPS) is 12.6. The van der Waals surface area contributed by atoms with Gasteiger partial charge in [0.05, 0.1) is 72.0 Å². The molecule has 9 N–H and O–H groups in total. The van der Waals surface area contributed by atoms with E-state index in [-0.39, 0.29) is 32.8 Å². The number of hydrogen-bond acceptors (Lipinski definition) is 29. The highest BCUT2D eigenvalue weighted by atomic mass is 32.2. The monoisotopic (exact) mass is 1570 g/mol. The molecule has 0 aliphatic rings. The molecular formula is C66H89N24O16S3-3. The van der Waals surface area contributed by atoms with E-state index in [1.807, 2.05) is 65.4 Å². The number of nitrogens with zero attached hydrogens (tertiary/aromatic N) is 19. The number of carboxylic acids is 2. The van der Waals surface area contributed by atoms with Crippen LogP contribution in [0.4, 0.5) is 17.1 Å². The summed E-state index contributed by atoms with van der Waals surface area (Å²) < 4.78 is 95.9. The lowest BCUT2D eigenvalue weighted by molar-refractivity contribution is -0.143. The van der Waals surface area contributed by atoms with Crippen LogP contribution in [0.15, 0.2) is 123 Å². The van der Waals surface area contributed by atoms with Crippen molar-refractivity contribution in [3.63, 3.8) is 0 Å². The van der Waals surface area contributed by atoms with Crippen molar-refractivity contribution in [1.82, 2.24) is 93.8 Å². The summed E-state index contributed by atoms with van der Waals surface area (Å²) in [7, 11) is 0. The van der Waals surface area contributed by atoms with E-state index in [0.29, 0.717) is 132 Å². The minimum Gasteiger partial charge on any atom is -0.755 e. The number of aliphatic carboxylic acids is 2. The lowest BCUT2D eigenvalue weighted by Gasteiger charge is -2.20. The molecule has 5 atom stereocenters. The molecule has 0 aliphatic carbocycles. The summed E-state index contributed by atoms with van der Waals surface area (Å²) in [5.41, 5.74) is 20.1. The molecule has 9 aromatic rings. The molecule has 109 heavy (non-hydrogen) atoms. The second-order valence-corrected chi connectivity index (χ2v) is 26.6. The van der Waals surface area contributed by atoms with Crippen LogP contribution in [-0.2, 0) is 157 Å². The van der Waals surface area contributed by atoms with E-state index in [9.17, 15) is 55.4 Å². The Balaban J connectivity index is 0.000000229. The molecule has 3 aromatic carbocycles. The van der Waals surface area contributed by atoms with Crippen molar-refractivity contribution in [3.8, 4) is 0 Å². The fraction of sp³-hybridized carbons (Fsp3) is 0.439. The Hall–Kier alpha value is -10.5. The summed E-state index contributed by atoms with van der Waals surface area (Å²) in [5, 5.41) is 51.4. The van der Waals surface area contributed by atoms with Gasteiger partial charge in [-0.05, 0) is 111 Å². The molecule has 0 bridgehead atoms. The van der Waals surface area contributed by atoms with Gasteiger partial charge in [-0.2, -0.15) is 0 Å². The molecule has 0 aliphatic heterocycles. The number of hydrogen-bond donors (Lipinski definition) is 7. The SMILES string of the molecule is CCC[C@@H](OC=O)n1cc(CN(CCc2ccc(NS(=O)[O-])cc2)Cc2cn([C@@H](CCOC=O)C(=O)O)nn2)nn1.NCCCCn1cnc(CN(CCc2ccc(NS(=O)[O-])cc2)Cc2cn(CCCCN)nn2)c1.O=COCn1cnc(CN(CCc2ccc(NS(=O)[O-])cc2)Cc2cn(CC(=O)O)nn2)c1. The van der Waals surface area contributed by atoms with Crippen LogP contribution in [0.5, 0.6) is 0 Å². The maximum atomic E-state index is 11.7. The van der Waals surface area contributed by atoms with E-state index in [2.05, 4.69) is 90.7 Å². The predicted octanol–water partition coefficient (Wildman–Crippen LogP) is 2.52. The average Bonchev–Trinajstić information content (AvgIpc) is 1.73. The number of imidazole rings is 2. The van der Waals surface area contributed by atoms with Crippen molar-refractivity contribution >= 4 is 82.2 Å². The fourth-order valence-corrected chi connectivity index (χ4v) is 11.9. The fourth-order valence-electron chi connectivity index (χ4n) is 10.9. The number of anilines is 3. The molecule has 0 saturated heterocycles. The van der Waals surface area contributed by atoms with E-state index in [0.717, 1.165) is 91.9 Å². The Bertz CT molecular complexity index is 4180. The van der Waals surface area contributed by atoms with Gasteiger partial charge in [-0.25, -0.2) is 28.8 Å². The van der Waals surface area contributed by atoms with Crippen LogP contribution in [0.25, 0.3) is 0 Å². The Morgan fingerprint density at radius 2 is 0.945 bits per heavy atom. The Morgan fingerprint density at radius 1 is 0.523 bits per heavy atom. The third-order valence-corrected chi connectivity index (χ3v) is 17.3. The molecular weight excluding hydrogens is 1480 g/mol. The number of nitrogens with one attached hydrogen (secondary N) is 3. The van der Waals surface area contributed by atoms with Crippen molar-refractivity contribution in [1.29, 1.82) is 0 Å². The zero-order valence-corrected chi connectivity index (χ0v) is 62.3. The standard InChI is InChI=1S/C24H32N8O8S.C23H37N9O2S.C19H23N7O6S/c1-2-3-23(40-17-34)32-15-21(26-29-32)13-30(10-8-18-4-6-19(7-5-18)27-41(37)38)12-20-14-31(28-25-20)22(24(35)36)9-11-39-16-33;24-10-1-3-12-31-16-22(26-19-31)15-30(17-23-18-32(29-27-23)13-4-2-11-25)14-9-20-5-7-21(8-6-20)28-35(33)34;27-14-32-13-25-8-17(20-12-25)7-24(9-18-10-26(23-21-18)11-19(28)29)6-5-15-1-3-16(4-2-15)22-33(30)31/h4-7,14-17,22-23,27H,2-3,8-13H2,1H3,(H,35,36)(H,37,38);5-8,16,18-19,28H,1-4,9-15,17,24-25H2,(H,33,34);1-4,8,10,12,14,22H,5-7,9,11,13H2,(H,28,29)(H,30,31)/p-3/t22-,23+;;/m0../s1. The van der Waals surface area contributed by atoms with Gasteiger partial charge in [0.2, 0.25) is 0 Å². The summed E-state index contributed by atoms with van der Waals surface area (Å²) in [5.74, 6) is -2.15. The summed E-state index contributed by atoms with van der Waals surface area (Å²) in [6.07, 6.45) is 21.0. The van der Waals surface area contributed by atoms with Crippen molar-refractivity contribution < 1.29 is 74.7 Å². The number of ether oxygens (including phenoxy) is 3. The van der Waals surface area contributed by atoms with Crippen LogP contribution in [-0.4, -0.2) is 201 Å². The van der Waals surface area contributed by atoms with Crippen LogP contribution >= 0.6 is 0 Å². The first-order valence-electron chi connectivity index (χ1n) is 34.5. The first-order chi connectivity index (χ1) is 52.8. The minimum absolute atomic E-state index is 0.0241. The van der Waals surface area contributed by atoms with Gasteiger partial charge in [0.25, 0.3) is 19.4 Å². The van der Waals surface area contributed by atoms with Crippen LogP contribution in [0.3, 0.4) is 0 Å². The number of unbranched alkanes of at least 4 members (excludes halogenated alkanes) is 2. The number of nitrogens with two attached hydrogens (primary N) is 2. The number of carboxylic acid groups (broad SMARTS) is 2. The highest BCUT2D eigenvalue weighted by Crippen LogP contribution is 2.20. The summed E-state index contributed by atoms with van der Waals surface area (Å²) in [6, 6.07) is 20.3. The number of carbonyl (C=O) groups excluding carboxylic acids is 3. The van der Waals surface area contributed by atoms with Crippen molar-refractivity contribution in [2.24, 2.45) is 11.5 Å². The molecule has 6 heterocycles. The van der Waals surface area contributed by atoms with Crippen LogP contribution in [0.2, 0.25) is 0 Å². The zero-order chi connectivity index (χ0) is 78.1. The van der Waals surface area contributed by atoms with Crippen LogP contribution in [0, 0.1) is 0 Å². The molecule has 0 spiro atoms. The Labute approximate surface area is 635 Å². The number of benzene rings is 3. The number of rotatable bonds is 51. The van der Waals surface area contributed by atoms with E-state index in [4.69, 9.17) is 26.0 Å². The number of carbonyl (C=O) groups is 5. The van der Waals surface area contributed by atoms with Gasteiger partial charge < -0.3 is 72.8 Å². The second kappa shape index (κ2) is 47.3. The molecule has 6 aromatic heterocycles. The van der Waals surface area contributed by atoms with E-state index in [1.54, 1.807) is 65.9 Å². The van der Waals surface area contributed by atoms with Gasteiger partial charge in [0, 0.05) is 154 Å². The second-order valence-electron chi connectivity index (χ2n) is 24.6. The first kappa shape index (κ1) is 85.8. The molecule has 40 nitrogen and oxygen atoms in total. The Morgan fingerprint density at radius 3 is 1.39 bits per heavy atom. The van der Waals surface area contributed by atoms with E-state index < -0.39 is 58.0 Å². The summed E-state index contributed by atoms with van der Waals surface area (Å²) in [6.45, 7) is 10.6. The zero-order valence-electron chi connectivity index (χ0n) is 59.8. The summed E-state index contributed by atoms with van der Waals surface area (Å²) in [4.78, 5) is 69.6. The molecule has 43 heteroatoms. The largest absolute Gasteiger partial charge is 0.755 e. The first-order valence-corrected chi connectivity index (χ1v) is 37.7. The highest BCUT2D eigenvalue weighted by Gasteiger charge is 2.24. The van der Waals surface area contributed by atoms with Gasteiger partial charge in [0.1, 0.15) is 6.54 Å². The molecule has 0 amide bonds. The predicted molar refractivity (Wildman–Crippen MR) is 391 cm³/mol. The number of aryl methyl sites for hydroxylation is 2. The molecule has 0 radical (unpaired) electrons. The average molecular weight is 1570 g/mol. The van der Waals surface area contributed by atoms with Crippen LogP contribution in [0.1, 0.15) is 115 Å². The van der Waals surface area contributed by atoms with Gasteiger partial charge in [0.15, 0.2) is 19.0 Å². The van der Waals surface area contributed by atoms with Crippen LogP contribution < -0.4 is 25.6 Å². The van der Waals surface area contributed by atoms with Crippen molar-refractivity contribution in [3.05, 3.63) is 173 Å². The lowest BCUT2D eigenvalue weighted by Crippen LogP contribution is -2.26. The van der Waals surface area contributed by atoms with E-state index >= 15 is 0 Å². The molecule has 9 rings (SSSR count). The third kappa shape index (κ3) is 32.5. The molecule has 0 fully saturated rings. The third-order valence-electron chi connectivity index (χ3n) is 16.1. The van der Waals surface area contributed by atoms with E-state index in [1.165, 1.54) is 20.2 Å². The molecule has 0 saturated carbocycles. The Kier molecular flexibility index (Phi) is 37.3. The van der Waals surface area contributed by atoms with Crippen molar-refractivity contribution in [2.45, 2.75) is 149 Å². The highest BCUT2D eigenvalue weighted by molar-refractivity contribution is 7.81. The van der Waals surface area contributed by atoms with Gasteiger partial charge in [-0.15, -0.1) is 20.4 Å². The molecule has 3 unspecified atom stereocenters. The van der Waals surface area contributed by atoms with Crippen molar-refractivity contribution in [2.75, 3.05) is 53.5 Å².